The highest BCUT2D eigenvalue weighted by molar-refractivity contribution is 6.35. The second-order valence-electron chi connectivity index (χ2n) is 6.48. The zero-order valence-corrected chi connectivity index (χ0v) is 16.9. The Hall–Kier alpha value is -3.10. The molecule has 3 heterocycles. The van der Waals surface area contributed by atoms with Crippen molar-refractivity contribution < 1.29 is 4.74 Å². The summed E-state index contributed by atoms with van der Waals surface area (Å²) in [5, 5.41) is 3.69. The Morgan fingerprint density at radius 3 is 2.48 bits per heavy atom. The smallest absolute Gasteiger partial charge is 0.287 e. The SMILES string of the molecule is Cc1cc(C)nc(-n2[nH]c3[nH]c(COc4ccc(Cl)cc4Cl)cc(=O)c3c2=O)n1. The van der Waals surface area contributed by atoms with Gasteiger partial charge in [0.1, 0.15) is 23.4 Å². The molecule has 0 fully saturated rings. The number of nitrogens with zero attached hydrogens (tertiary/aromatic N) is 3. The number of hydrogen-bond acceptors (Lipinski definition) is 5. The van der Waals surface area contributed by atoms with Gasteiger partial charge in [-0.3, -0.25) is 14.7 Å². The maximum absolute atomic E-state index is 12.7. The highest BCUT2D eigenvalue weighted by atomic mass is 35.5. The fraction of sp³-hybridized carbons (Fsp3) is 0.158. The van der Waals surface area contributed by atoms with E-state index in [1.807, 2.05) is 0 Å². The molecule has 10 heteroatoms. The summed E-state index contributed by atoms with van der Waals surface area (Å²) in [6, 6.07) is 7.95. The second kappa shape index (κ2) is 7.38. The number of ether oxygens (including phenoxy) is 1. The Morgan fingerprint density at radius 1 is 1.07 bits per heavy atom. The van der Waals surface area contributed by atoms with E-state index in [1.54, 1.807) is 38.1 Å². The third-order valence-electron chi connectivity index (χ3n) is 4.18. The molecule has 29 heavy (non-hydrogen) atoms. The van der Waals surface area contributed by atoms with Crippen LogP contribution in [0.5, 0.6) is 5.75 Å². The summed E-state index contributed by atoms with van der Waals surface area (Å²) in [5.74, 6) is 0.592. The number of pyridine rings is 1. The zero-order chi connectivity index (χ0) is 20.7. The number of nitrogens with one attached hydrogen (secondary N) is 2. The molecule has 0 radical (unpaired) electrons. The predicted molar refractivity (Wildman–Crippen MR) is 110 cm³/mol. The van der Waals surface area contributed by atoms with Gasteiger partial charge in [-0.25, -0.2) is 9.97 Å². The molecule has 0 aliphatic rings. The van der Waals surface area contributed by atoms with Gasteiger partial charge in [0.25, 0.3) is 11.5 Å². The van der Waals surface area contributed by atoms with E-state index in [2.05, 4.69) is 20.1 Å². The lowest BCUT2D eigenvalue weighted by Gasteiger charge is -2.08. The summed E-state index contributed by atoms with van der Waals surface area (Å²) in [6.45, 7) is 3.64. The monoisotopic (exact) mass is 431 g/mol. The van der Waals surface area contributed by atoms with Gasteiger partial charge in [-0.15, -0.1) is 0 Å². The van der Waals surface area contributed by atoms with E-state index in [9.17, 15) is 9.59 Å². The molecule has 0 aliphatic heterocycles. The van der Waals surface area contributed by atoms with Crippen molar-refractivity contribution in [1.29, 1.82) is 0 Å². The van der Waals surface area contributed by atoms with Crippen LogP contribution in [0.4, 0.5) is 0 Å². The molecule has 148 valence electrons. The van der Waals surface area contributed by atoms with Gasteiger partial charge in [-0.2, -0.15) is 4.68 Å². The predicted octanol–water partition coefficient (Wildman–Crippen LogP) is 3.30. The van der Waals surface area contributed by atoms with Crippen LogP contribution in [0.1, 0.15) is 17.1 Å². The van der Waals surface area contributed by atoms with E-state index in [0.717, 1.165) is 4.68 Å². The van der Waals surface area contributed by atoms with Crippen molar-refractivity contribution in [2.24, 2.45) is 0 Å². The van der Waals surface area contributed by atoms with Crippen molar-refractivity contribution in [2.45, 2.75) is 20.5 Å². The van der Waals surface area contributed by atoms with Crippen molar-refractivity contribution in [3.63, 3.8) is 0 Å². The lowest BCUT2D eigenvalue weighted by atomic mass is 10.3. The van der Waals surface area contributed by atoms with Crippen LogP contribution in [-0.2, 0) is 6.61 Å². The molecular weight excluding hydrogens is 417 g/mol. The van der Waals surface area contributed by atoms with Crippen molar-refractivity contribution >= 4 is 34.2 Å². The largest absolute Gasteiger partial charge is 0.486 e. The van der Waals surface area contributed by atoms with Crippen LogP contribution in [0.2, 0.25) is 10.0 Å². The van der Waals surface area contributed by atoms with E-state index < -0.39 is 11.0 Å². The first-order chi connectivity index (χ1) is 13.8. The molecule has 3 aromatic heterocycles. The number of aryl methyl sites for hydroxylation is 2. The van der Waals surface area contributed by atoms with E-state index in [1.165, 1.54) is 6.07 Å². The number of rotatable bonds is 4. The molecule has 0 saturated heterocycles. The number of halogens is 2. The molecule has 0 unspecified atom stereocenters. The topological polar surface area (TPSA) is 106 Å². The molecule has 8 nitrogen and oxygen atoms in total. The van der Waals surface area contributed by atoms with Crippen LogP contribution in [0, 0.1) is 13.8 Å². The number of fused-ring (bicyclic) bond motifs is 1. The van der Waals surface area contributed by atoms with Crippen molar-refractivity contribution in [1.82, 2.24) is 24.7 Å². The first-order valence-electron chi connectivity index (χ1n) is 8.59. The van der Waals surface area contributed by atoms with E-state index in [4.69, 9.17) is 27.9 Å². The Bertz CT molecular complexity index is 1340. The molecule has 2 N–H and O–H groups in total. The number of aromatic amines is 2. The quantitative estimate of drug-likeness (QED) is 0.515. The van der Waals surface area contributed by atoms with Gasteiger partial charge in [0.05, 0.1) is 10.7 Å². The first-order valence-corrected chi connectivity index (χ1v) is 9.35. The average Bonchev–Trinajstić information content (AvgIpc) is 2.97. The summed E-state index contributed by atoms with van der Waals surface area (Å²) in [4.78, 5) is 36.8. The minimum absolute atomic E-state index is 0.0129. The molecule has 0 bridgehead atoms. The summed E-state index contributed by atoms with van der Waals surface area (Å²) < 4.78 is 6.79. The van der Waals surface area contributed by atoms with Crippen LogP contribution < -0.4 is 15.7 Å². The van der Waals surface area contributed by atoms with Gasteiger partial charge < -0.3 is 9.72 Å². The number of benzene rings is 1. The van der Waals surface area contributed by atoms with E-state index in [0.29, 0.717) is 32.9 Å². The summed E-state index contributed by atoms with van der Waals surface area (Å²) in [6.07, 6.45) is 0. The summed E-state index contributed by atoms with van der Waals surface area (Å²) in [5.41, 5.74) is 1.16. The minimum Gasteiger partial charge on any atom is -0.486 e. The molecule has 0 spiro atoms. The Labute approximate surface area is 174 Å². The standard InChI is InChI=1S/C19H15Cl2N5O3/c1-9-5-10(2)23-19(22-9)26-18(28)16-14(27)7-12(24-17(16)25-26)8-29-15-4-3-11(20)6-13(15)21/h3-7H,8H2,1-2H3,(H2,24,25,27). The number of hydrogen-bond donors (Lipinski definition) is 2. The fourth-order valence-electron chi connectivity index (χ4n) is 2.96. The third-order valence-corrected chi connectivity index (χ3v) is 4.71. The molecule has 4 rings (SSSR count). The van der Waals surface area contributed by atoms with Gasteiger partial charge >= 0.3 is 0 Å². The fourth-order valence-corrected chi connectivity index (χ4v) is 3.42. The molecule has 1 aromatic carbocycles. The van der Waals surface area contributed by atoms with Gasteiger partial charge in [0.15, 0.2) is 5.43 Å². The Kier molecular flexibility index (Phi) is 4.89. The second-order valence-corrected chi connectivity index (χ2v) is 7.32. The van der Waals surface area contributed by atoms with Gasteiger partial charge in [0, 0.05) is 22.5 Å². The van der Waals surface area contributed by atoms with Crippen LogP contribution in [-0.4, -0.2) is 24.7 Å². The van der Waals surface area contributed by atoms with Crippen LogP contribution in [0.25, 0.3) is 17.0 Å². The average molecular weight is 432 g/mol. The Morgan fingerprint density at radius 2 is 1.79 bits per heavy atom. The summed E-state index contributed by atoms with van der Waals surface area (Å²) in [7, 11) is 0. The first kappa shape index (κ1) is 19.2. The normalized spacial score (nSPS) is 11.2. The molecule has 0 amide bonds. The number of aromatic nitrogens is 5. The lowest BCUT2D eigenvalue weighted by molar-refractivity contribution is 0.302. The van der Waals surface area contributed by atoms with Crippen molar-refractivity contribution in [2.75, 3.05) is 0 Å². The van der Waals surface area contributed by atoms with Gasteiger partial charge in [0.2, 0.25) is 0 Å². The van der Waals surface area contributed by atoms with E-state index >= 15 is 0 Å². The van der Waals surface area contributed by atoms with E-state index in [-0.39, 0.29) is 23.6 Å². The highest BCUT2D eigenvalue weighted by Crippen LogP contribution is 2.28. The zero-order valence-electron chi connectivity index (χ0n) is 15.4. The third kappa shape index (κ3) is 3.76. The van der Waals surface area contributed by atoms with Crippen molar-refractivity contribution in [3.05, 3.63) is 78.0 Å². The van der Waals surface area contributed by atoms with Gasteiger partial charge in [-0.05, 0) is 38.1 Å². The van der Waals surface area contributed by atoms with Crippen molar-refractivity contribution in [3.8, 4) is 11.7 Å². The molecule has 4 aromatic rings. The molecule has 0 saturated carbocycles. The maximum atomic E-state index is 12.7. The van der Waals surface area contributed by atoms with Gasteiger partial charge in [-0.1, -0.05) is 23.2 Å². The Balaban J connectivity index is 1.72. The number of H-pyrrole nitrogens is 2. The molecule has 0 aliphatic carbocycles. The molecule has 0 atom stereocenters. The van der Waals surface area contributed by atoms with Crippen LogP contribution in [0.3, 0.4) is 0 Å². The molecular formula is C19H15Cl2N5O3. The summed E-state index contributed by atoms with van der Waals surface area (Å²) >= 11 is 12.0. The van der Waals surface area contributed by atoms with Crippen LogP contribution >= 0.6 is 23.2 Å². The maximum Gasteiger partial charge on any atom is 0.287 e. The van der Waals surface area contributed by atoms with Crippen LogP contribution in [0.15, 0.2) is 39.9 Å². The lowest BCUT2D eigenvalue weighted by Crippen LogP contribution is -2.20. The highest BCUT2D eigenvalue weighted by Gasteiger charge is 2.15. The minimum atomic E-state index is -0.528.